The molecule has 3 N–H and O–H groups in total. The van der Waals surface area contributed by atoms with Crippen LogP contribution in [0.1, 0.15) is 44.7 Å². The number of aromatic nitrogens is 1. The second kappa shape index (κ2) is 7.75. The van der Waals surface area contributed by atoms with E-state index in [9.17, 15) is 9.90 Å². The van der Waals surface area contributed by atoms with Crippen LogP contribution in [-0.4, -0.2) is 34.8 Å². The van der Waals surface area contributed by atoms with Crippen LogP contribution < -0.4 is 10.6 Å². The normalized spacial score (nSPS) is 19.0. The number of carbonyl (C=O) groups is 1. The van der Waals surface area contributed by atoms with E-state index in [1.54, 1.807) is 16.8 Å². The van der Waals surface area contributed by atoms with E-state index in [-0.39, 0.29) is 6.03 Å². The van der Waals surface area contributed by atoms with Gasteiger partial charge in [0.2, 0.25) is 0 Å². The number of hydrogen-bond acceptors (Lipinski definition) is 4. The highest BCUT2D eigenvalue weighted by Crippen LogP contribution is 2.32. The molecular formula is C15H25N3O2S. The summed E-state index contributed by atoms with van der Waals surface area (Å²) >= 11 is 1.56. The number of carbonyl (C=O) groups excluding carboxylic acids is 1. The van der Waals surface area contributed by atoms with Gasteiger partial charge in [-0.25, -0.2) is 9.78 Å². The standard InChI is InChI=1S/C15H25N3O2S/c1-15(20,12-5-3-2-4-6-12)10-17-14(19)16-8-7-13-9-21-11-18-13/h9,11-12,20H,2-8,10H2,1H3,(H2,16,17,19)/t15-/m0/s1. The molecule has 1 saturated carbocycles. The highest BCUT2D eigenvalue weighted by Gasteiger charge is 2.32. The summed E-state index contributed by atoms with van der Waals surface area (Å²) in [7, 11) is 0. The van der Waals surface area contributed by atoms with E-state index in [0.717, 1.165) is 25.0 Å². The molecule has 1 aromatic heterocycles. The van der Waals surface area contributed by atoms with Gasteiger partial charge in [0, 0.05) is 24.9 Å². The minimum atomic E-state index is -0.813. The number of aliphatic hydroxyl groups is 1. The number of urea groups is 1. The molecule has 1 aliphatic rings. The number of hydrogen-bond donors (Lipinski definition) is 3. The summed E-state index contributed by atoms with van der Waals surface area (Å²) in [5, 5.41) is 18.1. The van der Waals surface area contributed by atoms with Crippen molar-refractivity contribution in [1.82, 2.24) is 15.6 Å². The predicted molar refractivity (Wildman–Crippen MR) is 84.4 cm³/mol. The third-order valence-corrected chi connectivity index (χ3v) is 4.88. The van der Waals surface area contributed by atoms with Gasteiger partial charge in [0.1, 0.15) is 0 Å². The van der Waals surface area contributed by atoms with Crippen LogP contribution in [0, 0.1) is 5.92 Å². The molecule has 118 valence electrons. The first-order chi connectivity index (χ1) is 10.1. The molecule has 6 heteroatoms. The van der Waals surface area contributed by atoms with Crippen LogP contribution >= 0.6 is 11.3 Å². The monoisotopic (exact) mass is 311 g/mol. The van der Waals surface area contributed by atoms with E-state index in [0.29, 0.717) is 19.0 Å². The molecule has 1 aromatic rings. The molecule has 2 amide bonds. The van der Waals surface area contributed by atoms with Crippen LogP contribution in [0.5, 0.6) is 0 Å². The minimum absolute atomic E-state index is 0.221. The van der Waals surface area contributed by atoms with Crippen molar-refractivity contribution in [2.75, 3.05) is 13.1 Å². The van der Waals surface area contributed by atoms with Gasteiger partial charge < -0.3 is 15.7 Å². The lowest BCUT2D eigenvalue weighted by Gasteiger charge is -2.35. The van der Waals surface area contributed by atoms with E-state index in [1.165, 1.54) is 19.3 Å². The third kappa shape index (κ3) is 5.28. The largest absolute Gasteiger partial charge is 0.388 e. The Morgan fingerprint density at radius 1 is 1.43 bits per heavy atom. The molecule has 2 rings (SSSR count). The summed E-state index contributed by atoms with van der Waals surface area (Å²) in [6.07, 6.45) is 6.47. The molecule has 0 bridgehead atoms. The maximum absolute atomic E-state index is 11.7. The summed E-state index contributed by atoms with van der Waals surface area (Å²) in [6.45, 7) is 2.69. The molecule has 1 fully saturated rings. The highest BCUT2D eigenvalue weighted by atomic mass is 32.1. The fourth-order valence-corrected chi connectivity index (χ4v) is 3.45. The first-order valence-corrected chi connectivity index (χ1v) is 8.63. The lowest BCUT2D eigenvalue weighted by molar-refractivity contribution is -0.0130. The Bertz CT molecular complexity index is 428. The molecule has 0 saturated heterocycles. The topological polar surface area (TPSA) is 74.2 Å². The summed E-state index contributed by atoms with van der Waals surface area (Å²) in [5.41, 5.74) is 1.97. The summed E-state index contributed by atoms with van der Waals surface area (Å²) in [6, 6.07) is -0.221. The zero-order valence-corrected chi connectivity index (χ0v) is 13.4. The molecule has 0 aliphatic heterocycles. The Balaban J connectivity index is 1.65. The average molecular weight is 311 g/mol. The average Bonchev–Trinajstić information content (AvgIpc) is 2.99. The second-order valence-corrected chi connectivity index (χ2v) is 6.75. The number of nitrogens with zero attached hydrogens (tertiary/aromatic N) is 1. The van der Waals surface area contributed by atoms with Gasteiger partial charge in [-0.05, 0) is 25.7 Å². The van der Waals surface area contributed by atoms with Crippen molar-refractivity contribution in [3.8, 4) is 0 Å². The predicted octanol–water partition coefficient (Wildman–Crippen LogP) is 2.32. The fourth-order valence-electron chi connectivity index (χ4n) is 2.86. The lowest BCUT2D eigenvalue weighted by Crippen LogP contribution is -2.49. The highest BCUT2D eigenvalue weighted by molar-refractivity contribution is 7.07. The van der Waals surface area contributed by atoms with E-state index in [1.807, 2.05) is 12.3 Å². The van der Waals surface area contributed by atoms with Gasteiger partial charge >= 0.3 is 6.03 Å². The third-order valence-electron chi connectivity index (χ3n) is 4.24. The van der Waals surface area contributed by atoms with Crippen molar-refractivity contribution >= 4 is 17.4 Å². The minimum Gasteiger partial charge on any atom is -0.388 e. The fraction of sp³-hybridized carbons (Fsp3) is 0.733. The van der Waals surface area contributed by atoms with Gasteiger partial charge in [0.15, 0.2) is 0 Å². The summed E-state index contributed by atoms with van der Waals surface area (Å²) in [5.74, 6) is 0.293. The van der Waals surface area contributed by atoms with Crippen molar-refractivity contribution in [2.24, 2.45) is 5.92 Å². The van der Waals surface area contributed by atoms with Crippen LogP contribution in [0.25, 0.3) is 0 Å². The quantitative estimate of drug-likeness (QED) is 0.755. The maximum Gasteiger partial charge on any atom is 0.314 e. The molecule has 1 atom stereocenters. The summed E-state index contributed by atoms with van der Waals surface area (Å²) < 4.78 is 0. The molecule has 5 nitrogen and oxygen atoms in total. The Labute approximate surface area is 130 Å². The van der Waals surface area contributed by atoms with E-state index >= 15 is 0 Å². The number of amides is 2. The van der Waals surface area contributed by atoms with E-state index in [4.69, 9.17) is 0 Å². The van der Waals surface area contributed by atoms with Gasteiger partial charge in [0.25, 0.3) is 0 Å². The zero-order chi connectivity index (χ0) is 15.1. The van der Waals surface area contributed by atoms with Gasteiger partial charge in [-0.15, -0.1) is 11.3 Å². The van der Waals surface area contributed by atoms with Crippen molar-refractivity contribution in [3.63, 3.8) is 0 Å². The first-order valence-electron chi connectivity index (χ1n) is 7.69. The molecular weight excluding hydrogens is 286 g/mol. The number of nitrogens with one attached hydrogen (secondary N) is 2. The number of rotatable bonds is 6. The number of thiazole rings is 1. The van der Waals surface area contributed by atoms with E-state index < -0.39 is 5.60 Å². The van der Waals surface area contributed by atoms with Crippen LogP contribution in [-0.2, 0) is 6.42 Å². The van der Waals surface area contributed by atoms with Crippen LogP contribution in [0.2, 0.25) is 0 Å². The molecule has 0 aromatic carbocycles. The van der Waals surface area contributed by atoms with Gasteiger partial charge in [-0.2, -0.15) is 0 Å². The van der Waals surface area contributed by atoms with E-state index in [2.05, 4.69) is 15.6 Å². The molecule has 21 heavy (non-hydrogen) atoms. The van der Waals surface area contributed by atoms with Crippen molar-refractivity contribution in [3.05, 3.63) is 16.6 Å². The Morgan fingerprint density at radius 3 is 2.86 bits per heavy atom. The Hall–Kier alpha value is -1.14. The van der Waals surface area contributed by atoms with Crippen LogP contribution in [0.4, 0.5) is 4.79 Å². The zero-order valence-electron chi connectivity index (χ0n) is 12.6. The molecule has 1 aliphatic carbocycles. The lowest BCUT2D eigenvalue weighted by atomic mass is 9.78. The molecule has 0 spiro atoms. The molecule has 1 heterocycles. The van der Waals surface area contributed by atoms with Crippen LogP contribution in [0.3, 0.4) is 0 Å². The SMILES string of the molecule is C[C@](O)(CNC(=O)NCCc1cscn1)C1CCCCC1. The van der Waals surface area contributed by atoms with Crippen molar-refractivity contribution < 1.29 is 9.90 Å². The van der Waals surface area contributed by atoms with Crippen molar-refractivity contribution in [1.29, 1.82) is 0 Å². The van der Waals surface area contributed by atoms with Crippen molar-refractivity contribution in [2.45, 2.75) is 51.0 Å². The molecule has 0 radical (unpaired) electrons. The second-order valence-electron chi connectivity index (χ2n) is 6.03. The van der Waals surface area contributed by atoms with Crippen LogP contribution in [0.15, 0.2) is 10.9 Å². The van der Waals surface area contributed by atoms with Gasteiger partial charge in [-0.3, -0.25) is 0 Å². The van der Waals surface area contributed by atoms with Gasteiger partial charge in [-0.1, -0.05) is 19.3 Å². The summed E-state index contributed by atoms with van der Waals surface area (Å²) in [4.78, 5) is 15.9. The Morgan fingerprint density at radius 2 is 2.19 bits per heavy atom. The van der Waals surface area contributed by atoms with Gasteiger partial charge in [0.05, 0.1) is 16.8 Å². The Kier molecular flexibility index (Phi) is 5.99. The smallest absolute Gasteiger partial charge is 0.314 e. The molecule has 0 unspecified atom stereocenters. The maximum atomic E-state index is 11.7. The first kappa shape index (κ1) is 16.2.